The second-order valence-corrected chi connectivity index (χ2v) is 7.26. The highest BCUT2D eigenvalue weighted by Crippen LogP contribution is 2.39. The molecule has 4 nitrogen and oxygen atoms in total. The summed E-state index contributed by atoms with van der Waals surface area (Å²) < 4.78 is 22.8. The maximum Gasteiger partial charge on any atom is 0.314 e. The van der Waals surface area contributed by atoms with Crippen LogP contribution in [0, 0.1) is 0 Å². The molecule has 1 fully saturated rings. The molecule has 0 bridgehead atoms. The molecule has 0 aliphatic heterocycles. The Bertz CT molecular complexity index is 566. The minimum atomic E-state index is -3.24. The molecule has 0 atom stereocenters. The van der Waals surface area contributed by atoms with Gasteiger partial charge in [0.15, 0.2) is 9.84 Å². The van der Waals surface area contributed by atoms with Crippen molar-refractivity contribution in [1.82, 2.24) is 0 Å². The molecule has 2 rings (SSSR count). The summed E-state index contributed by atoms with van der Waals surface area (Å²) in [5, 5.41) is 9.55. The maximum absolute atomic E-state index is 11.6. The van der Waals surface area contributed by atoms with Gasteiger partial charge < -0.3 is 5.11 Å². The number of aliphatic carboxylic acids is 1. The molecule has 1 saturated carbocycles. The molecule has 1 N–H and O–H groups in total. The van der Waals surface area contributed by atoms with Gasteiger partial charge in [0.25, 0.3) is 0 Å². The van der Waals surface area contributed by atoms with E-state index in [9.17, 15) is 18.3 Å². The van der Waals surface area contributed by atoms with Gasteiger partial charge in [0, 0.05) is 6.26 Å². The van der Waals surface area contributed by atoms with Crippen LogP contribution in [0.3, 0.4) is 0 Å². The molecule has 104 valence electrons. The summed E-state index contributed by atoms with van der Waals surface area (Å²) in [5.74, 6) is -0.806. The minimum absolute atomic E-state index is 0.229. The molecule has 1 aliphatic rings. The first-order valence-electron chi connectivity index (χ1n) is 6.40. The third-order valence-corrected chi connectivity index (χ3v) is 5.08. The normalized spacial score (nSPS) is 19.0. The van der Waals surface area contributed by atoms with Crippen molar-refractivity contribution in [2.45, 2.75) is 42.4 Å². The van der Waals surface area contributed by atoms with E-state index in [0.717, 1.165) is 25.5 Å². The fourth-order valence-electron chi connectivity index (χ4n) is 2.80. The van der Waals surface area contributed by atoms with Gasteiger partial charge in [-0.1, -0.05) is 31.4 Å². The average Bonchev–Trinajstić information content (AvgIpc) is 2.38. The lowest BCUT2D eigenvalue weighted by Gasteiger charge is -2.33. The Morgan fingerprint density at radius 2 is 1.63 bits per heavy atom. The van der Waals surface area contributed by atoms with Crippen molar-refractivity contribution >= 4 is 15.8 Å². The molecular formula is C14H18O4S. The van der Waals surface area contributed by atoms with E-state index in [4.69, 9.17) is 0 Å². The van der Waals surface area contributed by atoms with Gasteiger partial charge in [0.05, 0.1) is 10.3 Å². The number of hydrogen-bond acceptors (Lipinski definition) is 3. The number of carbonyl (C=O) groups is 1. The van der Waals surface area contributed by atoms with Crippen LogP contribution in [-0.2, 0) is 20.0 Å². The van der Waals surface area contributed by atoms with Gasteiger partial charge in [-0.25, -0.2) is 8.42 Å². The molecule has 0 radical (unpaired) electrons. The molecule has 0 amide bonds. The molecule has 0 saturated heterocycles. The summed E-state index contributed by atoms with van der Waals surface area (Å²) in [7, 11) is -3.24. The van der Waals surface area contributed by atoms with Gasteiger partial charge in [-0.15, -0.1) is 0 Å². The van der Waals surface area contributed by atoms with Crippen molar-refractivity contribution in [3.8, 4) is 0 Å². The van der Waals surface area contributed by atoms with Crippen LogP contribution < -0.4 is 0 Å². The highest BCUT2D eigenvalue weighted by Gasteiger charge is 2.41. The monoisotopic (exact) mass is 282 g/mol. The van der Waals surface area contributed by atoms with Crippen molar-refractivity contribution in [2.24, 2.45) is 0 Å². The fraction of sp³-hybridized carbons (Fsp3) is 0.500. The van der Waals surface area contributed by atoms with Crippen LogP contribution in [-0.4, -0.2) is 25.7 Å². The zero-order chi connectivity index (χ0) is 14.1. The van der Waals surface area contributed by atoms with Crippen LogP contribution in [0.4, 0.5) is 0 Å². The largest absolute Gasteiger partial charge is 0.481 e. The molecule has 1 aromatic carbocycles. The first-order chi connectivity index (χ1) is 8.86. The smallest absolute Gasteiger partial charge is 0.314 e. The Labute approximate surface area is 113 Å². The first-order valence-corrected chi connectivity index (χ1v) is 8.29. The summed E-state index contributed by atoms with van der Waals surface area (Å²) in [6.45, 7) is 0. The Balaban J connectivity index is 2.41. The van der Waals surface area contributed by atoms with Gasteiger partial charge in [-0.3, -0.25) is 4.79 Å². The third kappa shape index (κ3) is 2.66. The average molecular weight is 282 g/mol. The summed E-state index contributed by atoms with van der Waals surface area (Å²) in [6.07, 6.45) is 5.27. The standard InChI is InChI=1S/C14H18O4S/c1-19(17,18)12-7-5-11(6-8-12)14(13(15)16)9-3-2-4-10-14/h5-8H,2-4,9-10H2,1H3,(H,15,16). The summed E-state index contributed by atoms with van der Waals surface area (Å²) in [4.78, 5) is 11.9. The maximum atomic E-state index is 11.6. The Morgan fingerprint density at radius 3 is 2.05 bits per heavy atom. The minimum Gasteiger partial charge on any atom is -0.481 e. The number of benzene rings is 1. The molecular weight excluding hydrogens is 264 g/mol. The SMILES string of the molecule is CS(=O)(=O)c1ccc(C2(C(=O)O)CCCCC2)cc1. The second-order valence-electron chi connectivity index (χ2n) is 5.24. The van der Waals surface area contributed by atoms with Crippen LogP contribution in [0.2, 0.25) is 0 Å². The predicted molar refractivity (Wildman–Crippen MR) is 72.0 cm³/mol. The summed E-state index contributed by atoms with van der Waals surface area (Å²) in [5.41, 5.74) is -0.124. The first kappa shape index (κ1) is 14.1. The van der Waals surface area contributed by atoms with Gasteiger partial charge in [-0.2, -0.15) is 0 Å². The summed E-state index contributed by atoms with van der Waals surface area (Å²) >= 11 is 0. The molecule has 0 unspecified atom stereocenters. The lowest BCUT2D eigenvalue weighted by molar-refractivity contribution is -0.145. The van der Waals surface area contributed by atoms with Crippen LogP contribution in [0.15, 0.2) is 29.2 Å². The highest BCUT2D eigenvalue weighted by atomic mass is 32.2. The van der Waals surface area contributed by atoms with E-state index in [1.54, 1.807) is 12.1 Å². The molecule has 5 heteroatoms. The highest BCUT2D eigenvalue weighted by molar-refractivity contribution is 7.90. The number of hydrogen-bond donors (Lipinski definition) is 1. The quantitative estimate of drug-likeness (QED) is 0.924. The third-order valence-electron chi connectivity index (χ3n) is 3.95. The van der Waals surface area contributed by atoms with Crippen LogP contribution in [0.25, 0.3) is 0 Å². The van der Waals surface area contributed by atoms with Crippen LogP contribution >= 0.6 is 0 Å². The predicted octanol–water partition coefficient (Wildman–Crippen LogP) is 2.38. The van der Waals surface area contributed by atoms with Gasteiger partial charge in [0.1, 0.15) is 0 Å². The van der Waals surface area contributed by atoms with E-state index in [2.05, 4.69) is 0 Å². The van der Waals surface area contributed by atoms with Crippen molar-refractivity contribution < 1.29 is 18.3 Å². The van der Waals surface area contributed by atoms with E-state index in [1.807, 2.05) is 0 Å². The Hall–Kier alpha value is -1.36. The van der Waals surface area contributed by atoms with Gasteiger partial charge in [0.2, 0.25) is 0 Å². The summed E-state index contributed by atoms with van der Waals surface area (Å²) in [6, 6.07) is 6.31. The fourth-order valence-corrected chi connectivity index (χ4v) is 3.43. The number of carboxylic acids is 1. The zero-order valence-electron chi connectivity index (χ0n) is 10.9. The van der Waals surface area contributed by atoms with E-state index >= 15 is 0 Å². The number of sulfone groups is 1. The van der Waals surface area contributed by atoms with Crippen molar-refractivity contribution in [2.75, 3.05) is 6.26 Å². The van der Waals surface area contributed by atoms with Crippen LogP contribution in [0.5, 0.6) is 0 Å². The molecule has 19 heavy (non-hydrogen) atoms. The van der Waals surface area contributed by atoms with Crippen molar-refractivity contribution in [1.29, 1.82) is 0 Å². The van der Waals surface area contributed by atoms with Gasteiger partial charge >= 0.3 is 5.97 Å². The lowest BCUT2D eigenvalue weighted by atomic mass is 9.69. The second kappa shape index (κ2) is 4.96. The molecule has 0 spiro atoms. The van der Waals surface area contributed by atoms with Crippen molar-refractivity contribution in [3.63, 3.8) is 0 Å². The van der Waals surface area contributed by atoms with E-state index in [-0.39, 0.29) is 4.90 Å². The van der Waals surface area contributed by atoms with E-state index in [0.29, 0.717) is 18.4 Å². The number of carboxylic acid groups (broad SMARTS) is 1. The topological polar surface area (TPSA) is 71.4 Å². The number of rotatable bonds is 3. The van der Waals surface area contributed by atoms with Crippen molar-refractivity contribution in [3.05, 3.63) is 29.8 Å². The molecule has 0 aromatic heterocycles. The van der Waals surface area contributed by atoms with E-state index in [1.165, 1.54) is 12.1 Å². The van der Waals surface area contributed by atoms with Gasteiger partial charge in [-0.05, 0) is 30.5 Å². The lowest BCUT2D eigenvalue weighted by Crippen LogP contribution is -2.37. The Morgan fingerprint density at radius 1 is 1.11 bits per heavy atom. The Kier molecular flexibility index (Phi) is 3.67. The van der Waals surface area contributed by atoms with Crippen LogP contribution in [0.1, 0.15) is 37.7 Å². The molecule has 1 aliphatic carbocycles. The molecule has 0 heterocycles. The molecule has 1 aromatic rings. The van der Waals surface area contributed by atoms with E-state index < -0.39 is 21.2 Å². The zero-order valence-corrected chi connectivity index (χ0v) is 11.7.